The molecule has 1 saturated heterocycles. The Balaban J connectivity index is 1.95. The van der Waals surface area contributed by atoms with Crippen LogP contribution in [-0.4, -0.2) is 18.1 Å². The maximum absolute atomic E-state index is 9.72. The molecule has 4 heterocycles. The van der Waals surface area contributed by atoms with E-state index in [9.17, 15) is 5.26 Å². The van der Waals surface area contributed by atoms with Crippen LogP contribution in [0.25, 0.3) is 22.0 Å². The molecule has 4 nitrogen and oxygen atoms in total. The summed E-state index contributed by atoms with van der Waals surface area (Å²) >= 11 is 1.65. The maximum atomic E-state index is 9.72. The van der Waals surface area contributed by atoms with Crippen LogP contribution in [0.5, 0.6) is 0 Å². The fourth-order valence-electron chi connectivity index (χ4n) is 2.99. The molecule has 1 aliphatic rings. The van der Waals surface area contributed by atoms with Gasteiger partial charge in [0.15, 0.2) is 5.76 Å². The lowest BCUT2D eigenvalue weighted by atomic mass is 10.1. The fraction of sp³-hybridized carbons (Fsp3) is 0.222. The van der Waals surface area contributed by atoms with Crippen LogP contribution in [0.1, 0.15) is 18.4 Å². The number of anilines is 1. The van der Waals surface area contributed by atoms with E-state index in [1.54, 1.807) is 17.6 Å². The molecule has 0 amide bonds. The molecule has 1 aliphatic heterocycles. The highest BCUT2D eigenvalue weighted by atomic mass is 32.1. The predicted octanol–water partition coefficient (Wildman–Crippen LogP) is 4.54. The van der Waals surface area contributed by atoms with Crippen LogP contribution in [0.2, 0.25) is 0 Å². The van der Waals surface area contributed by atoms with E-state index in [1.807, 2.05) is 29.6 Å². The Bertz CT molecular complexity index is 841. The summed E-state index contributed by atoms with van der Waals surface area (Å²) < 4.78 is 5.52. The van der Waals surface area contributed by atoms with Gasteiger partial charge in [0.25, 0.3) is 0 Å². The van der Waals surface area contributed by atoms with E-state index in [1.165, 1.54) is 0 Å². The highest BCUT2D eigenvalue weighted by molar-refractivity contribution is 7.13. The van der Waals surface area contributed by atoms with Crippen molar-refractivity contribution in [2.45, 2.75) is 12.8 Å². The first-order valence-corrected chi connectivity index (χ1v) is 8.52. The van der Waals surface area contributed by atoms with Gasteiger partial charge < -0.3 is 9.32 Å². The van der Waals surface area contributed by atoms with Gasteiger partial charge in [-0.2, -0.15) is 5.26 Å². The van der Waals surface area contributed by atoms with Crippen molar-refractivity contribution in [3.05, 3.63) is 47.5 Å². The van der Waals surface area contributed by atoms with Gasteiger partial charge in [-0.1, -0.05) is 6.07 Å². The lowest BCUT2D eigenvalue weighted by molar-refractivity contribution is 0.580. The van der Waals surface area contributed by atoms with E-state index in [0.717, 1.165) is 42.2 Å². The molecular weight excluding hydrogens is 306 g/mol. The van der Waals surface area contributed by atoms with Crippen LogP contribution in [0.4, 0.5) is 5.69 Å². The molecule has 0 atom stereocenters. The van der Waals surface area contributed by atoms with Crippen molar-refractivity contribution in [2.24, 2.45) is 0 Å². The molecule has 4 rings (SSSR count). The van der Waals surface area contributed by atoms with E-state index < -0.39 is 0 Å². The number of furan rings is 1. The molecule has 0 aromatic carbocycles. The lowest BCUT2D eigenvalue weighted by Crippen LogP contribution is -2.19. The molecular formula is C18H15N3OS. The van der Waals surface area contributed by atoms with Gasteiger partial charge in [-0.25, -0.2) is 4.98 Å². The summed E-state index contributed by atoms with van der Waals surface area (Å²) in [6.45, 7) is 1.97. The molecule has 3 aromatic rings. The summed E-state index contributed by atoms with van der Waals surface area (Å²) in [5, 5.41) is 11.8. The van der Waals surface area contributed by atoms with E-state index in [4.69, 9.17) is 9.40 Å². The Labute approximate surface area is 138 Å². The molecule has 0 bridgehead atoms. The summed E-state index contributed by atoms with van der Waals surface area (Å²) in [5.41, 5.74) is 3.09. The summed E-state index contributed by atoms with van der Waals surface area (Å²) in [6.07, 6.45) is 3.95. The highest BCUT2D eigenvalue weighted by Crippen LogP contribution is 2.36. The first kappa shape index (κ1) is 14.0. The van der Waals surface area contributed by atoms with Crippen molar-refractivity contribution in [2.75, 3.05) is 18.0 Å². The second-order valence-corrected chi connectivity index (χ2v) is 6.46. The molecule has 0 N–H and O–H groups in total. The predicted molar refractivity (Wildman–Crippen MR) is 91.4 cm³/mol. The van der Waals surface area contributed by atoms with Crippen molar-refractivity contribution >= 4 is 17.0 Å². The van der Waals surface area contributed by atoms with Crippen LogP contribution in [-0.2, 0) is 0 Å². The quantitative estimate of drug-likeness (QED) is 0.710. The summed E-state index contributed by atoms with van der Waals surface area (Å²) in [4.78, 5) is 8.11. The number of nitriles is 1. The van der Waals surface area contributed by atoms with Crippen LogP contribution < -0.4 is 4.90 Å². The van der Waals surface area contributed by atoms with E-state index in [0.29, 0.717) is 17.0 Å². The molecule has 1 fully saturated rings. The van der Waals surface area contributed by atoms with Gasteiger partial charge in [0.05, 0.1) is 22.5 Å². The first-order valence-electron chi connectivity index (χ1n) is 7.64. The smallest absolute Gasteiger partial charge is 0.153 e. The van der Waals surface area contributed by atoms with Gasteiger partial charge in [0.1, 0.15) is 17.3 Å². The molecule has 0 saturated carbocycles. The molecule has 5 heteroatoms. The molecule has 0 unspecified atom stereocenters. The minimum atomic E-state index is 0.599. The zero-order chi connectivity index (χ0) is 15.6. The monoisotopic (exact) mass is 321 g/mol. The summed E-state index contributed by atoms with van der Waals surface area (Å²) in [7, 11) is 0. The maximum Gasteiger partial charge on any atom is 0.153 e. The van der Waals surface area contributed by atoms with Crippen molar-refractivity contribution in [3.8, 4) is 28.1 Å². The molecule has 23 heavy (non-hydrogen) atoms. The highest BCUT2D eigenvalue weighted by Gasteiger charge is 2.22. The molecule has 3 aromatic heterocycles. The average Bonchev–Trinajstić information content (AvgIpc) is 3.37. The van der Waals surface area contributed by atoms with Gasteiger partial charge in [0.2, 0.25) is 0 Å². The van der Waals surface area contributed by atoms with Crippen LogP contribution in [0.3, 0.4) is 0 Å². The summed E-state index contributed by atoms with van der Waals surface area (Å²) in [6, 6.07) is 12.1. The van der Waals surface area contributed by atoms with Crippen molar-refractivity contribution in [3.63, 3.8) is 0 Å². The second-order valence-electron chi connectivity index (χ2n) is 5.51. The van der Waals surface area contributed by atoms with Crippen molar-refractivity contribution in [1.29, 1.82) is 5.26 Å². The summed E-state index contributed by atoms with van der Waals surface area (Å²) in [5.74, 6) is 0.639. The van der Waals surface area contributed by atoms with Gasteiger partial charge in [-0.15, -0.1) is 11.3 Å². The van der Waals surface area contributed by atoms with Gasteiger partial charge in [0, 0.05) is 13.1 Å². The number of thiophene rings is 1. The minimum absolute atomic E-state index is 0.599. The molecule has 0 aliphatic carbocycles. The van der Waals surface area contributed by atoms with Gasteiger partial charge in [-0.3, -0.25) is 0 Å². The number of hydrogen-bond acceptors (Lipinski definition) is 5. The van der Waals surface area contributed by atoms with E-state index >= 15 is 0 Å². The minimum Gasteiger partial charge on any atom is -0.463 e. The number of nitrogens with zero attached hydrogens (tertiary/aromatic N) is 3. The number of rotatable bonds is 3. The zero-order valence-electron chi connectivity index (χ0n) is 12.5. The largest absolute Gasteiger partial charge is 0.463 e. The van der Waals surface area contributed by atoms with Crippen LogP contribution in [0, 0.1) is 11.3 Å². The first-order chi connectivity index (χ1) is 11.4. The molecule has 114 valence electrons. The Morgan fingerprint density at radius 3 is 2.74 bits per heavy atom. The van der Waals surface area contributed by atoms with Crippen LogP contribution >= 0.6 is 11.3 Å². The van der Waals surface area contributed by atoms with Gasteiger partial charge in [-0.05, 0) is 42.5 Å². The molecule has 0 spiro atoms. The third-order valence-electron chi connectivity index (χ3n) is 4.09. The standard InChI is InChI=1S/C18H15N3OS/c19-12-13-15(21-7-1-2-8-21)11-14(17-6-4-10-23-17)20-18(13)16-5-3-9-22-16/h3-6,9-11H,1-2,7-8H2. The van der Waals surface area contributed by atoms with Crippen LogP contribution in [0.15, 0.2) is 46.4 Å². The van der Waals surface area contributed by atoms with E-state index in [-0.39, 0.29) is 0 Å². The second kappa shape index (κ2) is 5.90. The normalized spacial score (nSPS) is 14.1. The Morgan fingerprint density at radius 2 is 2.09 bits per heavy atom. The molecule has 0 radical (unpaired) electrons. The third-order valence-corrected chi connectivity index (χ3v) is 4.98. The van der Waals surface area contributed by atoms with E-state index in [2.05, 4.69) is 17.0 Å². The topological polar surface area (TPSA) is 53.1 Å². The third kappa shape index (κ3) is 2.51. The Hall–Kier alpha value is -2.58. The zero-order valence-corrected chi connectivity index (χ0v) is 13.3. The number of hydrogen-bond donors (Lipinski definition) is 0. The fourth-order valence-corrected chi connectivity index (χ4v) is 3.68. The lowest BCUT2D eigenvalue weighted by Gasteiger charge is -2.21. The SMILES string of the molecule is N#Cc1c(N2CCCC2)cc(-c2cccs2)nc1-c1ccco1. The number of aromatic nitrogens is 1. The average molecular weight is 321 g/mol. The van der Waals surface area contributed by atoms with Crippen molar-refractivity contribution in [1.82, 2.24) is 4.98 Å². The van der Waals surface area contributed by atoms with Crippen molar-refractivity contribution < 1.29 is 4.42 Å². The Morgan fingerprint density at radius 1 is 1.22 bits per heavy atom. The van der Waals surface area contributed by atoms with Gasteiger partial charge >= 0.3 is 0 Å². The number of pyridine rings is 1. The Kier molecular flexibility index (Phi) is 3.60.